The molecule has 1 N–H and O–H groups in total. The summed E-state index contributed by atoms with van der Waals surface area (Å²) < 4.78 is 3.37. The molecule has 1 aromatic carbocycles. The summed E-state index contributed by atoms with van der Waals surface area (Å²) in [6, 6.07) is 5.66. The Kier molecular flexibility index (Phi) is 4.72. The lowest BCUT2D eigenvalue weighted by molar-refractivity contribution is 0.134. The molecule has 25 heavy (non-hydrogen) atoms. The van der Waals surface area contributed by atoms with Crippen LogP contribution in [0.25, 0.3) is 11.0 Å². The molecule has 0 amide bonds. The number of imidazole rings is 1. The minimum absolute atomic E-state index is 0.139. The Labute approximate surface area is 146 Å². The van der Waals surface area contributed by atoms with Gasteiger partial charge in [-0.05, 0) is 43.0 Å². The normalized spacial score (nSPS) is 12.9. The summed E-state index contributed by atoms with van der Waals surface area (Å²) in [7, 11) is 0. The first kappa shape index (κ1) is 17.4. The number of rotatable bonds is 5. The molecular weight excluding hydrogens is 316 g/mol. The number of hydrogen-bond acceptors (Lipinski definition) is 4. The van der Waals surface area contributed by atoms with Gasteiger partial charge in [-0.2, -0.15) is 0 Å². The highest BCUT2D eigenvalue weighted by Gasteiger charge is 2.12. The second-order valence-corrected chi connectivity index (χ2v) is 6.94. The molecule has 2 aromatic heterocycles. The minimum Gasteiger partial charge on any atom is -0.389 e. The fourth-order valence-corrected chi connectivity index (χ4v) is 2.86. The van der Waals surface area contributed by atoms with Crippen molar-refractivity contribution in [3.05, 3.63) is 58.0 Å². The lowest BCUT2D eigenvalue weighted by Gasteiger charge is -2.14. The van der Waals surface area contributed by atoms with Gasteiger partial charge >= 0.3 is 0 Å². The van der Waals surface area contributed by atoms with Crippen molar-refractivity contribution < 1.29 is 5.11 Å². The number of benzene rings is 1. The Balaban J connectivity index is 1.78. The number of nitrogens with zero attached hydrogens (tertiary/aromatic N) is 4. The molecule has 6 nitrogen and oxygen atoms in total. The van der Waals surface area contributed by atoms with E-state index >= 15 is 0 Å². The summed E-state index contributed by atoms with van der Waals surface area (Å²) in [6.07, 6.45) is 2.54. The van der Waals surface area contributed by atoms with E-state index in [1.54, 1.807) is 6.33 Å². The van der Waals surface area contributed by atoms with E-state index in [0.29, 0.717) is 6.54 Å². The summed E-state index contributed by atoms with van der Waals surface area (Å²) in [5.74, 6) is 0.205. The molecule has 0 bridgehead atoms. The second kappa shape index (κ2) is 6.80. The van der Waals surface area contributed by atoms with Crippen LogP contribution in [0, 0.1) is 13.8 Å². The van der Waals surface area contributed by atoms with E-state index < -0.39 is 6.10 Å². The molecule has 0 saturated heterocycles. The molecule has 0 aliphatic heterocycles. The Bertz CT molecular complexity index is 956. The standard InChI is InChI=1S/C19H24N4O2/c1-12(2)16-7-19(25)23(11-20-16)9-15(24)8-22-10-21-17-5-13(3)14(4)6-18(17)22/h5-7,10-12,15,24H,8-9H2,1-4H3. The maximum atomic E-state index is 12.2. The monoisotopic (exact) mass is 340 g/mol. The Hall–Kier alpha value is -2.47. The zero-order chi connectivity index (χ0) is 18.1. The van der Waals surface area contributed by atoms with E-state index in [-0.39, 0.29) is 18.0 Å². The number of aliphatic hydroxyl groups is 1. The first-order valence-electron chi connectivity index (χ1n) is 8.51. The largest absolute Gasteiger partial charge is 0.389 e. The van der Waals surface area contributed by atoms with Gasteiger partial charge in [-0.3, -0.25) is 9.36 Å². The van der Waals surface area contributed by atoms with Crippen LogP contribution in [0.2, 0.25) is 0 Å². The van der Waals surface area contributed by atoms with Crippen LogP contribution in [-0.2, 0) is 13.1 Å². The van der Waals surface area contributed by atoms with Gasteiger partial charge in [0, 0.05) is 6.07 Å². The number of aliphatic hydroxyl groups excluding tert-OH is 1. The van der Waals surface area contributed by atoms with Crippen molar-refractivity contribution in [2.75, 3.05) is 0 Å². The van der Waals surface area contributed by atoms with Gasteiger partial charge in [0.2, 0.25) is 0 Å². The third kappa shape index (κ3) is 3.64. The first-order chi connectivity index (χ1) is 11.8. The molecule has 0 radical (unpaired) electrons. The molecule has 1 atom stereocenters. The number of aromatic nitrogens is 4. The van der Waals surface area contributed by atoms with Gasteiger partial charge in [0.1, 0.15) is 0 Å². The average molecular weight is 340 g/mol. The topological polar surface area (TPSA) is 72.9 Å². The maximum absolute atomic E-state index is 12.2. The van der Waals surface area contributed by atoms with E-state index in [1.807, 2.05) is 24.5 Å². The zero-order valence-corrected chi connectivity index (χ0v) is 15.1. The fraction of sp³-hybridized carbons (Fsp3) is 0.421. The lowest BCUT2D eigenvalue weighted by Crippen LogP contribution is -2.29. The molecule has 0 saturated carbocycles. The molecule has 132 valence electrons. The third-order valence-corrected chi connectivity index (χ3v) is 4.54. The van der Waals surface area contributed by atoms with Crippen LogP contribution in [0.15, 0.2) is 35.6 Å². The molecule has 0 aliphatic carbocycles. The summed E-state index contributed by atoms with van der Waals surface area (Å²) in [4.78, 5) is 20.9. The highest BCUT2D eigenvalue weighted by Crippen LogP contribution is 2.18. The Morgan fingerprint density at radius 1 is 1.00 bits per heavy atom. The number of fused-ring (bicyclic) bond motifs is 1. The molecule has 6 heteroatoms. The molecule has 3 aromatic rings. The fourth-order valence-electron chi connectivity index (χ4n) is 2.86. The molecule has 0 fully saturated rings. The number of hydrogen-bond donors (Lipinski definition) is 1. The zero-order valence-electron chi connectivity index (χ0n) is 15.1. The molecule has 0 aliphatic rings. The summed E-state index contributed by atoms with van der Waals surface area (Å²) in [5, 5.41) is 10.4. The van der Waals surface area contributed by atoms with Crippen LogP contribution in [-0.4, -0.2) is 30.3 Å². The summed E-state index contributed by atoms with van der Waals surface area (Å²) in [6.45, 7) is 8.68. The predicted octanol–water partition coefficient (Wildman–Crippen LogP) is 2.39. The second-order valence-electron chi connectivity index (χ2n) is 6.94. The van der Waals surface area contributed by atoms with E-state index in [1.165, 1.54) is 28.1 Å². The van der Waals surface area contributed by atoms with Crippen LogP contribution < -0.4 is 5.56 Å². The quantitative estimate of drug-likeness (QED) is 0.774. The van der Waals surface area contributed by atoms with Crippen LogP contribution in [0.3, 0.4) is 0 Å². The summed E-state index contributed by atoms with van der Waals surface area (Å²) >= 11 is 0. The van der Waals surface area contributed by atoms with Crippen molar-refractivity contribution in [2.24, 2.45) is 0 Å². The lowest BCUT2D eigenvalue weighted by atomic mass is 10.1. The van der Waals surface area contributed by atoms with Crippen LogP contribution in [0.4, 0.5) is 0 Å². The van der Waals surface area contributed by atoms with E-state index in [0.717, 1.165) is 16.7 Å². The van der Waals surface area contributed by atoms with Crippen molar-refractivity contribution in [1.82, 2.24) is 19.1 Å². The first-order valence-corrected chi connectivity index (χ1v) is 8.51. The molecule has 0 spiro atoms. The van der Waals surface area contributed by atoms with Gasteiger partial charge in [0.15, 0.2) is 0 Å². The number of aryl methyl sites for hydroxylation is 2. The highest BCUT2D eigenvalue weighted by molar-refractivity contribution is 5.77. The van der Waals surface area contributed by atoms with Gasteiger partial charge in [-0.25, -0.2) is 9.97 Å². The van der Waals surface area contributed by atoms with Gasteiger partial charge < -0.3 is 9.67 Å². The molecule has 1 unspecified atom stereocenters. The predicted molar refractivity (Wildman–Crippen MR) is 97.8 cm³/mol. The van der Waals surface area contributed by atoms with Gasteiger partial charge in [0.05, 0.1) is 48.6 Å². The third-order valence-electron chi connectivity index (χ3n) is 4.54. The van der Waals surface area contributed by atoms with E-state index in [2.05, 4.69) is 29.9 Å². The summed E-state index contributed by atoms with van der Waals surface area (Å²) in [5.41, 5.74) is 4.91. The molecule has 3 rings (SSSR count). The van der Waals surface area contributed by atoms with Gasteiger partial charge in [0.25, 0.3) is 5.56 Å². The van der Waals surface area contributed by atoms with E-state index in [9.17, 15) is 9.90 Å². The van der Waals surface area contributed by atoms with Gasteiger partial charge in [-0.15, -0.1) is 0 Å². The van der Waals surface area contributed by atoms with E-state index in [4.69, 9.17) is 0 Å². The van der Waals surface area contributed by atoms with Crippen molar-refractivity contribution in [1.29, 1.82) is 0 Å². The minimum atomic E-state index is -0.705. The average Bonchev–Trinajstić information content (AvgIpc) is 2.91. The maximum Gasteiger partial charge on any atom is 0.253 e. The van der Waals surface area contributed by atoms with Crippen molar-refractivity contribution in [3.63, 3.8) is 0 Å². The van der Waals surface area contributed by atoms with Crippen molar-refractivity contribution in [2.45, 2.75) is 52.8 Å². The van der Waals surface area contributed by atoms with Crippen LogP contribution in [0.1, 0.15) is 36.6 Å². The SMILES string of the molecule is Cc1cc2ncn(CC(O)Cn3cnc(C(C)C)cc3=O)c2cc1C. The van der Waals surface area contributed by atoms with Crippen molar-refractivity contribution >= 4 is 11.0 Å². The van der Waals surface area contributed by atoms with Crippen LogP contribution >= 0.6 is 0 Å². The molecule has 2 heterocycles. The van der Waals surface area contributed by atoms with Crippen LogP contribution in [0.5, 0.6) is 0 Å². The van der Waals surface area contributed by atoms with Gasteiger partial charge in [-0.1, -0.05) is 13.8 Å². The Morgan fingerprint density at radius 2 is 1.64 bits per heavy atom. The smallest absolute Gasteiger partial charge is 0.253 e. The highest BCUT2D eigenvalue weighted by atomic mass is 16.3. The van der Waals surface area contributed by atoms with Crippen molar-refractivity contribution in [3.8, 4) is 0 Å². The molecular formula is C19H24N4O2. The Morgan fingerprint density at radius 3 is 2.32 bits per heavy atom.